The summed E-state index contributed by atoms with van der Waals surface area (Å²) in [5.74, 6) is 0.527. The Bertz CT molecular complexity index is 796. The molecule has 0 aliphatic heterocycles. The Kier molecular flexibility index (Phi) is 4.93. The summed E-state index contributed by atoms with van der Waals surface area (Å²) in [7, 11) is 0. The van der Waals surface area contributed by atoms with Gasteiger partial charge in [0.05, 0.1) is 17.7 Å². The standard InChI is InChI=1S/C17H15N3O3S/c21-16(15-4-2-10-24-15)19-12-5-7-13(8-6-12)20-17(22)18-11-14-3-1-9-23-14/h1-10H,11H2,(H,19,21)(H2,18,20,22). The molecule has 0 saturated heterocycles. The van der Waals surface area contributed by atoms with Gasteiger partial charge in [-0.15, -0.1) is 11.3 Å². The Balaban J connectivity index is 1.50. The Morgan fingerprint density at radius 3 is 2.33 bits per heavy atom. The van der Waals surface area contributed by atoms with E-state index >= 15 is 0 Å². The molecule has 0 bridgehead atoms. The largest absolute Gasteiger partial charge is 0.467 e. The van der Waals surface area contributed by atoms with Gasteiger partial charge in [0, 0.05) is 11.4 Å². The van der Waals surface area contributed by atoms with Gasteiger partial charge in [0.2, 0.25) is 0 Å². The van der Waals surface area contributed by atoms with E-state index in [4.69, 9.17) is 4.42 Å². The highest BCUT2D eigenvalue weighted by Crippen LogP contribution is 2.16. The maximum atomic E-state index is 11.9. The average molecular weight is 341 g/mol. The van der Waals surface area contributed by atoms with Crippen molar-refractivity contribution in [3.63, 3.8) is 0 Å². The molecule has 1 aromatic carbocycles. The van der Waals surface area contributed by atoms with Gasteiger partial charge in [-0.25, -0.2) is 4.79 Å². The quantitative estimate of drug-likeness (QED) is 0.658. The van der Waals surface area contributed by atoms with Crippen molar-refractivity contribution < 1.29 is 14.0 Å². The molecule has 3 N–H and O–H groups in total. The van der Waals surface area contributed by atoms with Gasteiger partial charge in [-0.1, -0.05) is 6.07 Å². The number of nitrogens with one attached hydrogen (secondary N) is 3. The van der Waals surface area contributed by atoms with Crippen molar-refractivity contribution in [2.45, 2.75) is 6.54 Å². The van der Waals surface area contributed by atoms with Crippen LogP contribution in [0.2, 0.25) is 0 Å². The zero-order chi connectivity index (χ0) is 16.8. The molecule has 2 heterocycles. The summed E-state index contributed by atoms with van der Waals surface area (Å²) in [6.07, 6.45) is 1.55. The van der Waals surface area contributed by atoms with Gasteiger partial charge in [-0.05, 0) is 47.8 Å². The SMILES string of the molecule is O=C(NCc1ccco1)Nc1ccc(NC(=O)c2cccs2)cc1. The zero-order valence-corrected chi connectivity index (χ0v) is 13.4. The highest BCUT2D eigenvalue weighted by Gasteiger charge is 2.07. The average Bonchev–Trinajstić information content (AvgIpc) is 3.28. The van der Waals surface area contributed by atoms with E-state index in [0.29, 0.717) is 28.6 Å². The van der Waals surface area contributed by atoms with E-state index in [0.717, 1.165) is 0 Å². The number of anilines is 2. The molecule has 0 radical (unpaired) electrons. The number of hydrogen-bond donors (Lipinski definition) is 3. The van der Waals surface area contributed by atoms with Crippen LogP contribution >= 0.6 is 11.3 Å². The van der Waals surface area contributed by atoms with E-state index in [2.05, 4.69) is 16.0 Å². The highest BCUT2D eigenvalue weighted by atomic mass is 32.1. The van der Waals surface area contributed by atoms with Crippen molar-refractivity contribution in [1.29, 1.82) is 0 Å². The van der Waals surface area contributed by atoms with E-state index in [1.165, 1.54) is 11.3 Å². The third-order valence-corrected chi connectivity index (χ3v) is 4.02. The van der Waals surface area contributed by atoms with E-state index in [1.54, 1.807) is 48.7 Å². The first kappa shape index (κ1) is 15.8. The van der Waals surface area contributed by atoms with Crippen molar-refractivity contribution >= 4 is 34.6 Å². The summed E-state index contributed by atoms with van der Waals surface area (Å²) in [5.41, 5.74) is 1.29. The second-order valence-corrected chi connectivity index (χ2v) is 5.84. The molecule has 7 heteroatoms. The lowest BCUT2D eigenvalue weighted by Gasteiger charge is -2.08. The summed E-state index contributed by atoms with van der Waals surface area (Å²) < 4.78 is 5.14. The van der Waals surface area contributed by atoms with Crippen molar-refractivity contribution in [2.24, 2.45) is 0 Å². The Labute approximate surface area is 142 Å². The predicted octanol–water partition coefficient (Wildman–Crippen LogP) is 3.92. The maximum absolute atomic E-state index is 11.9. The smallest absolute Gasteiger partial charge is 0.319 e. The van der Waals surface area contributed by atoms with Crippen molar-refractivity contribution in [2.75, 3.05) is 10.6 Å². The van der Waals surface area contributed by atoms with Crippen LogP contribution < -0.4 is 16.0 Å². The lowest BCUT2D eigenvalue weighted by molar-refractivity contribution is 0.103. The first-order valence-electron chi connectivity index (χ1n) is 7.23. The molecule has 3 amide bonds. The first-order valence-corrected chi connectivity index (χ1v) is 8.11. The van der Waals surface area contributed by atoms with Gasteiger partial charge in [0.25, 0.3) is 5.91 Å². The lowest BCUT2D eigenvalue weighted by Crippen LogP contribution is -2.27. The second kappa shape index (κ2) is 7.47. The van der Waals surface area contributed by atoms with Crippen LogP contribution in [0.25, 0.3) is 0 Å². The lowest BCUT2D eigenvalue weighted by atomic mass is 10.2. The fourth-order valence-electron chi connectivity index (χ4n) is 1.99. The minimum Gasteiger partial charge on any atom is -0.467 e. The highest BCUT2D eigenvalue weighted by molar-refractivity contribution is 7.12. The minimum absolute atomic E-state index is 0.151. The molecule has 0 spiro atoms. The summed E-state index contributed by atoms with van der Waals surface area (Å²) >= 11 is 1.38. The molecular formula is C17H15N3O3S. The third kappa shape index (κ3) is 4.23. The number of thiophene rings is 1. The molecule has 0 atom stereocenters. The monoisotopic (exact) mass is 341 g/mol. The molecule has 0 saturated carbocycles. The molecule has 24 heavy (non-hydrogen) atoms. The summed E-state index contributed by atoms with van der Waals surface area (Å²) in [5, 5.41) is 10.0. The van der Waals surface area contributed by atoms with Crippen LogP contribution in [0.5, 0.6) is 0 Å². The molecular weight excluding hydrogens is 326 g/mol. The topological polar surface area (TPSA) is 83.4 Å². The van der Waals surface area contributed by atoms with Gasteiger partial charge in [-0.2, -0.15) is 0 Å². The number of furan rings is 1. The minimum atomic E-state index is -0.332. The molecule has 3 rings (SSSR count). The van der Waals surface area contributed by atoms with Gasteiger partial charge in [0.15, 0.2) is 0 Å². The van der Waals surface area contributed by atoms with Crippen LogP contribution in [-0.2, 0) is 6.54 Å². The van der Waals surface area contributed by atoms with Gasteiger partial charge >= 0.3 is 6.03 Å². The van der Waals surface area contributed by atoms with Crippen LogP contribution in [0, 0.1) is 0 Å². The number of amides is 3. The van der Waals surface area contributed by atoms with Crippen LogP contribution in [-0.4, -0.2) is 11.9 Å². The van der Waals surface area contributed by atoms with Crippen molar-refractivity contribution in [3.8, 4) is 0 Å². The summed E-state index contributed by atoms with van der Waals surface area (Å²) in [6, 6.07) is 13.7. The maximum Gasteiger partial charge on any atom is 0.319 e. The van der Waals surface area contributed by atoms with E-state index in [1.807, 2.05) is 11.4 Å². The molecule has 2 aromatic heterocycles. The first-order chi connectivity index (χ1) is 11.7. The Hall–Kier alpha value is -3.06. The van der Waals surface area contributed by atoms with Gasteiger partial charge in [-0.3, -0.25) is 4.79 Å². The second-order valence-electron chi connectivity index (χ2n) is 4.90. The number of benzene rings is 1. The van der Waals surface area contributed by atoms with E-state index in [9.17, 15) is 9.59 Å². The number of rotatable bonds is 5. The molecule has 6 nitrogen and oxygen atoms in total. The Morgan fingerprint density at radius 2 is 1.71 bits per heavy atom. The molecule has 3 aromatic rings. The summed E-state index contributed by atoms with van der Waals surface area (Å²) in [6.45, 7) is 0.313. The van der Waals surface area contributed by atoms with Crippen molar-refractivity contribution in [1.82, 2.24) is 5.32 Å². The normalized spacial score (nSPS) is 10.2. The van der Waals surface area contributed by atoms with Crippen LogP contribution in [0.1, 0.15) is 15.4 Å². The predicted molar refractivity (Wildman–Crippen MR) is 93.3 cm³/mol. The van der Waals surface area contributed by atoms with Crippen LogP contribution in [0.15, 0.2) is 64.6 Å². The molecule has 0 unspecified atom stereocenters. The zero-order valence-electron chi connectivity index (χ0n) is 12.6. The molecule has 122 valence electrons. The number of hydrogen-bond acceptors (Lipinski definition) is 4. The van der Waals surface area contributed by atoms with Crippen LogP contribution in [0.3, 0.4) is 0 Å². The number of carbonyl (C=O) groups is 2. The van der Waals surface area contributed by atoms with Gasteiger partial charge in [0.1, 0.15) is 5.76 Å². The number of carbonyl (C=O) groups excluding carboxylic acids is 2. The molecule has 0 aliphatic rings. The van der Waals surface area contributed by atoms with E-state index < -0.39 is 0 Å². The summed E-state index contributed by atoms with van der Waals surface area (Å²) in [4.78, 5) is 24.4. The third-order valence-electron chi connectivity index (χ3n) is 3.15. The van der Waals surface area contributed by atoms with E-state index in [-0.39, 0.29) is 11.9 Å². The number of urea groups is 1. The van der Waals surface area contributed by atoms with Crippen molar-refractivity contribution in [3.05, 3.63) is 70.8 Å². The fraction of sp³-hybridized carbons (Fsp3) is 0.0588. The Morgan fingerprint density at radius 1 is 0.958 bits per heavy atom. The van der Waals surface area contributed by atoms with Gasteiger partial charge < -0.3 is 20.4 Å². The fourth-order valence-corrected chi connectivity index (χ4v) is 2.61. The molecule has 0 aliphatic carbocycles. The molecule has 0 fully saturated rings. The van der Waals surface area contributed by atoms with Crippen LogP contribution in [0.4, 0.5) is 16.2 Å².